The Balaban J connectivity index is 1.81. The van der Waals surface area contributed by atoms with Crippen LogP contribution in [-0.4, -0.2) is 49.9 Å². The normalized spacial score (nSPS) is 12.2. The zero-order chi connectivity index (χ0) is 34.2. The number of carbonyl (C=O) groups is 2. The zero-order valence-corrected chi connectivity index (χ0v) is 29.0. The van der Waals surface area contributed by atoms with Crippen LogP contribution in [0.3, 0.4) is 0 Å². The van der Waals surface area contributed by atoms with Crippen molar-refractivity contribution in [3.8, 4) is 5.75 Å². The van der Waals surface area contributed by atoms with Crippen molar-refractivity contribution in [2.75, 3.05) is 17.5 Å². The van der Waals surface area contributed by atoms with Crippen LogP contribution >= 0.6 is 11.6 Å². The quantitative estimate of drug-likeness (QED) is 0.168. The topological polar surface area (TPSA) is 96.0 Å². The van der Waals surface area contributed by atoms with E-state index >= 15 is 0 Å². The molecule has 2 amide bonds. The van der Waals surface area contributed by atoms with E-state index in [1.54, 1.807) is 54.6 Å². The van der Waals surface area contributed by atoms with Crippen LogP contribution in [0.4, 0.5) is 5.69 Å². The van der Waals surface area contributed by atoms with Crippen LogP contribution in [-0.2, 0) is 32.6 Å². The minimum absolute atomic E-state index is 0.00188. The molecule has 0 unspecified atom stereocenters. The Hall–Kier alpha value is -4.34. The van der Waals surface area contributed by atoms with Crippen molar-refractivity contribution < 1.29 is 22.7 Å². The van der Waals surface area contributed by atoms with Crippen molar-refractivity contribution in [1.29, 1.82) is 0 Å². The summed E-state index contributed by atoms with van der Waals surface area (Å²) in [5.41, 5.74) is 2.22. The molecule has 47 heavy (non-hydrogen) atoms. The standard InChI is InChI=1S/C37H42ClN3O5S/c1-6-46-32-19-21-33(22-20-32)47(44,45)41(31-17-15-27(2)16-18-31)26-35(42)40(25-29-13-10-14-30(38)23-29)34(36(43)39-37(3,4)5)24-28-11-8-7-9-12-28/h7-23,34H,6,24-26H2,1-5H3,(H,39,43)/t34-/m0/s1. The number of anilines is 1. The molecular weight excluding hydrogens is 634 g/mol. The third-order valence-electron chi connectivity index (χ3n) is 7.33. The summed E-state index contributed by atoms with van der Waals surface area (Å²) in [6, 6.07) is 28.5. The third kappa shape index (κ3) is 9.83. The fourth-order valence-electron chi connectivity index (χ4n) is 5.08. The lowest BCUT2D eigenvalue weighted by Gasteiger charge is -2.35. The van der Waals surface area contributed by atoms with E-state index in [1.165, 1.54) is 17.0 Å². The highest BCUT2D eigenvalue weighted by atomic mass is 35.5. The first-order chi connectivity index (χ1) is 22.3. The number of aryl methyl sites for hydroxylation is 1. The molecule has 8 nitrogen and oxygen atoms in total. The van der Waals surface area contributed by atoms with Gasteiger partial charge in [-0.25, -0.2) is 8.42 Å². The predicted molar refractivity (Wildman–Crippen MR) is 187 cm³/mol. The highest BCUT2D eigenvalue weighted by Crippen LogP contribution is 2.27. The summed E-state index contributed by atoms with van der Waals surface area (Å²) in [4.78, 5) is 30.0. The molecule has 0 spiro atoms. The fourth-order valence-corrected chi connectivity index (χ4v) is 6.71. The van der Waals surface area contributed by atoms with E-state index in [4.69, 9.17) is 16.3 Å². The summed E-state index contributed by atoms with van der Waals surface area (Å²) in [5, 5.41) is 3.51. The van der Waals surface area contributed by atoms with Gasteiger partial charge in [0.2, 0.25) is 11.8 Å². The van der Waals surface area contributed by atoms with Gasteiger partial charge in [0.15, 0.2) is 0 Å². The second kappa shape index (κ2) is 15.5. The van der Waals surface area contributed by atoms with Crippen LogP contribution in [0.25, 0.3) is 0 Å². The number of hydrogen-bond donors (Lipinski definition) is 1. The molecule has 0 saturated heterocycles. The first-order valence-corrected chi connectivity index (χ1v) is 17.3. The summed E-state index contributed by atoms with van der Waals surface area (Å²) in [5.74, 6) is -0.372. The molecule has 0 heterocycles. The van der Waals surface area contributed by atoms with E-state index in [9.17, 15) is 18.0 Å². The van der Waals surface area contributed by atoms with Crippen LogP contribution < -0.4 is 14.4 Å². The van der Waals surface area contributed by atoms with Gasteiger partial charge in [0, 0.05) is 23.5 Å². The van der Waals surface area contributed by atoms with Gasteiger partial charge in [0.05, 0.1) is 17.2 Å². The van der Waals surface area contributed by atoms with E-state index < -0.39 is 34.1 Å². The Morgan fingerprint density at radius 1 is 0.872 bits per heavy atom. The maximum absolute atomic E-state index is 14.6. The molecule has 0 aliphatic heterocycles. The highest BCUT2D eigenvalue weighted by Gasteiger charge is 2.35. The lowest BCUT2D eigenvalue weighted by Crippen LogP contribution is -2.56. The van der Waals surface area contributed by atoms with Crippen molar-refractivity contribution in [1.82, 2.24) is 10.2 Å². The summed E-state index contributed by atoms with van der Waals surface area (Å²) in [6.45, 7) is 9.27. The first-order valence-electron chi connectivity index (χ1n) is 15.5. The number of rotatable bonds is 13. The molecule has 4 rings (SSSR count). The van der Waals surface area contributed by atoms with E-state index in [-0.39, 0.29) is 23.8 Å². The van der Waals surface area contributed by atoms with Crippen molar-refractivity contribution in [3.05, 3.63) is 125 Å². The summed E-state index contributed by atoms with van der Waals surface area (Å²) in [7, 11) is -4.23. The van der Waals surface area contributed by atoms with Crippen molar-refractivity contribution >= 4 is 39.1 Å². The lowest BCUT2D eigenvalue weighted by atomic mass is 10.0. The number of amides is 2. The number of nitrogens with zero attached hydrogens (tertiary/aromatic N) is 2. The van der Waals surface area contributed by atoms with Gasteiger partial charge in [-0.1, -0.05) is 71.8 Å². The Morgan fingerprint density at radius 3 is 2.11 bits per heavy atom. The number of benzene rings is 4. The van der Waals surface area contributed by atoms with E-state index in [2.05, 4.69) is 5.32 Å². The van der Waals surface area contributed by atoms with Gasteiger partial charge in [-0.2, -0.15) is 0 Å². The van der Waals surface area contributed by atoms with Crippen molar-refractivity contribution in [2.45, 2.75) is 64.1 Å². The molecular formula is C37H42ClN3O5S. The maximum Gasteiger partial charge on any atom is 0.264 e. The van der Waals surface area contributed by atoms with Gasteiger partial charge >= 0.3 is 0 Å². The average molecular weight is 676 g/mol. The van der Waals surface area contributed by atoms with Crippen LogP contribution in [0.1, 0.15) is 44.4 Å². The Morgan fingerprint density at radius 2 is 1.51 bits per heavy atom. The second-order valence-electron chi connectivity index (χ2n) is 12.3. The number of nitrogens with one attached hydrogen (secondary N) is 1. The van der Waals surface area contributed by atoms with Crippen molar-refractivity contribution in [2.24, 2.45) is 0 Å². The van der Waals surface area contributed by atoms with Crippen LogP contribution in [0.2, 0.25) is 5.02 Å². The van der Waals surface area contributed by atoms with Gasteiger partial charge < -0.3 is 15.0 Å². The highest BCUT2D eigenvalue weighted by molar-refractivity contribution is 7.92. The van der Waals surface area contributed by atoms with Crippen LogP contribution in [0.5, 0.6) is 5.75 Å². The molecule has 0 bridgehead atoms. The molecule has 0 fully saturated rings. The number of ether oxygens (including phenoxy) is 1. The number of sulfonamides is 1. The van der Waals surface area contributed by atoms with Gasteiger partial charge in [-0.05, 0) is 94.3 Å². The summed E-state index contributed by atoms with van der Waals surface area (Å²) >= 11 is 6.32. The largest absolute Gasteiger partial charge is 0.494 e. The minimum atomic E-state index is -4.23. The van der Waals surface area contributed by atoms with Gasteiger partial charge in [0.25, 0.3) is 10.0 Å². The predicted octanol–water partition coefficient (Wildman–Crippen LogP) is 6.80. The Kier molecular flexibility index (Phi) is 11.7. The Labute approximate surface area is 283 Å². The summed E-state index contributed by atoms with van der Waals surface area (Å²) in [6.07, 6.45) is 0.214. The fraction of sp³-hybridized carbons (Fsp3) is 0.297. The molecule has 4 aromatic carbocycles. The van der Waals surface area contributed by atoms with E-state index in [0.29, 0.717) is 28.6 Å². The number of halogens is 1. The first kappa shape index (κ1) is 35.5. The molecule has 0 aliphatic rings. The molecule has 4 aromatic rings. The molecule has 0 saturated carbocycles. The molecule has 1 N–H and O–H groups in total. The van der Waals surface area contributed by atoms with Gasteiger partial charge in [0.1, 0.15) is 18.3 Å². The van der Waals surface area contributed by atoms with Gasteiger partial charge in [-0.3, -0.25) is 13.9 Å². The monoisotopic (exact) mass is 675 g/mol. The third-order valence-corrected chi connectivity index (χ3v) is 9.36. The van der Waals surface area contributed by atoms with Crippen LogP contribution in [0.15, 0.2) is 108 Å². The Bertz CT molecular complexity index is 1760. The zero-order valence-electron chi connectivity index (χ0n) is 27.4. The molecule has 248 valence electrons. The van der Waals surface area contributed by atoms with E-state index in [1.807, 2.05) is 71.0 Å². The molecule has 0 aromatic heterocycles. The van der Waals surface area contributed by atoms with Gasteiger partial charge in [-0.15, -0.1) is 0 Å². The van der Waals surface area contributed by atoms with Crippen LogP contribution in [0, 0.1) is 6.92 Å². The number of hydrogen-bond acceptors (Lipinski definition) is 5. The molecule has 0 aliphatic carbocycles. The average Bonchev–Trinajstić information content (AvgIpc) is 3.02. The minimum Gasteiger partial charge on any atom is -0.494 e. The second-order valence-corrected chi connectivity index (χ2v) is 14.6. The molecule has 10 heteroatoms. The van der Waals surface area contributed by atoms with Crippen molar-refractivity contribution in [3.63, 3.8) is 0 Å². The SMILES string of the molecule is CCOc1ccc(S(=O)(=O)N(CC(=O)N(Cc2cccc(Cl)c2)[C@@H](Cc2ccccc2)C(=O)NC(C)(C)C)c2ccc(C)cc2)cc1. The molecule has 0 radical (unpaired) electrons. The molecule has 1 atom stereocenters. The smallest absolute Gasteiger partial charge is 0.264 e. The lowest BCUT2D eigenvalue weighted by molar-refractivity contribution is -0.140. The summed E-state index contributed by atoms with van der Waals surface area (Å²) < 4.78 is 35.1. The van der Waals surface area contributed by atoms with E-state index in [0.717, 1.165) is 15.4 Å². The maximum atomic E-state index is 14.6. The number of carbonyl (C=O) groups excluding carboxylic acids is 2.